The number of fused-ring (bicyclic) bond motifs is 2. The maximum absolute atomic E-state index is 13.2. The van der Waals surface area contributed by atoms with Crippen LogP contribution in [0.5, 0.6) is 0 Å². The number of rotatable bonds is 5. The zero-order valence-electron chi connectivity index (χ0n) is 18.7. The van der Waals surface area contributed by atoms with Gasteiger partial charge >= 0.3 is 0 Å². The van der Waals surface area contributed by atoms with Crippen LogP contribution in [0.3, 0.4) is 0 Å². The number of carbonyl (C=O) groups excluding carboxylic acids is 1. The number of amides is 1. The fourth-order valence-corrected chi connectivity index (χ4v) is 6.60. The molecule has 4 aromatic rings. The summed E-state index contributed by atoms with van der Waals surface area (Å²) >= 11 is 1.19. The molecular weight excluding hydrogens is 474 g/mol. The van der Waals surface area contributed by atoms with Gasteiger partial charge in [0, 0.05) is 18.5 Å². The van der Waals surface area contributed by atoms with Crippen LogP contribution in [-0.2, 0) is 10.0 Å². The molecule has 176 valence electrons. The SMILES string of the molecule is CC(C)n1nc(C(=O)Nc2nc3ccc(S(=O)(=O)N4CCCC4)cc3s2)c2ccccc2c1=O. The van der Waals surface area contributed by atoms with Gasteiger partial charge in [0.25, 0.3) is 11.5 Å². The fraction of sp³-hybridized carbons (Fsp3) is 0.304. The zero-order valence-corrected chi connectivity index (χ0v) is 20.3. The molecule has 11 heteroatoms. The molecule has 0 aliphatic carbocycles. The maximum Gasteiger partial charge on any atom is 0.278 e. The number of hydrogen-bond acceptors (Lipinski definition) is 7. The van der Waals surface area contributed by atoms with E-state index in [1.165, 1.54) is 20.3 Å². The molecule has 0 radical (unpaired) electrons. The fourth-order valence-electron chi connectivity index (χ4n) is 4.08. The Balaban J connectivity index is 1.49. The quantitative estimate of drug-likeness (QED) is 0.450. The highest BCUT2D eigenvalue weighted by Crippen LogP contribution is 2.30. The Bertz CT molecular complexity index is 1580. The van der Waals surface area contributed by atoms with E-state index in [2.05, 4.69) is 15.4 Å². The summed E-state index contributed by atoms with van der Waals surface area (Å²) in [5.41, 5.74) is 0.458. The van der Waals surface area contributed by atoms with Gasteiger partial charge < -0.3 is 0 Å². The van der Waals surface area contributed by atoms with Crippen molar-refractivity contribution < 1.29 is 13.2 Å². The molecule has 0 spiro atoms. The average Bonchev–Trinajstić information content (AvgIpc) is 3.49. The maximum atomic E-state index is 13.2. The Morgan fingerprint density at radius 1 is 1.09 bits per heavy atom. The molecule has 0 saturated carbocycles. The molecule has 1 amide bonds. The molecule has 1 aliphatic rings. The largest absolute Gasteiger partial charge is 0.296 e. The van der Waals surface area contributed by atoms with E-state index in [0.29, 0.717) is 39.2 Å². The van der Waals surface area contributed by atoms with Gasteiger partial charge in [-0.05, 0) is 51.0 Å². The van der Waals surface area contributed by atoms with Gasteiger partial charge in [-0.3, -0.25) is 14.9 Å². The van der Waals surface area contributed by atoms with Crippen molar-refractivity contribution in [2.45, 2.75) is 37.6 Å². The minimum atomic E-state index is -3.55. The topological polar surface area (TPSA) is 114 Å². The lowest BCUT2D eigenvalue weighted by Gasteiger charge is -2.15. The van der Waals surface area contributed by atoms with Crippen LogP contribution in [0.4, 0.5) is 5.13 Å². The number of thiazole rings is 1. The van der Waals surface area contributed by atoms with Gasteiger partial charge in [0.15, 0.2) is 10.8 Å². The summed E-state index contributed by atoms with van der Waals surface area (Å²) in [6.07, 6.45) is 1.73. The molecule has 2 aromatic heterocycles. The van der Waals surface area contributed by atoms with Crippen LogP contribution in [0.15, 0.2) is 52.2 Å². The van der Waals surface area contributed by atoms with Gasteiger partial charge in [-0.15, -0.1) is 0 Å². The van der Waals surface area contributed by atoms with Crippen molar-refractivity contribution in [1.29, 1.82) is 0 Å². The zero-order chi connectivity index (χ0) is 24.0. The third kappa shape index (κ3) is 3.89. The van der Waals surface area contributed by atoms with Crippen molar-refractivity contribution in [2.24, 2.45) is 0 Å². The third-order valence-corrected chi connectivity index (χ3v) is 8.64. The smallest absolute Gasteiger partial charge is 0.278 e. The van der Waals surface area contributed by atoms with Crippen LogP contribution >= 0.6 is 11.3 Å². The van der Waals surface area contributed by atoms with Gasteiger partial charge in [0.2, 0.25) is 10.0 Å². The first-order valence-electron chi connectivity index (χ1n) is 11.0. The molecule has 0 bridgehead atoms. The first-order valence-corrected chi connectivity index (χ1v) is 13.2. The number of carbonyl (C=O) groups is 1. The lowest BCUT2D eigenvalue weighted by atomic mass is 10.1. The third-order valence-electron chi connectivity index (χ3n) is 5.82. The van der Waals surface area contributed by atoms with Crippen LogP contribution in [0.25, 0.3) is 21.0 Å². The molecule has 2 aromatic carbocycles. The monoisotopic (exact) mass is 497 g/mol. The Labute approximate surface area is 200 Å². The Kier molecular flexibility index (Phi) is 5.70. The second kappa shape index (κ2) is 8.57. The summed E-state index contributed by atoms with van der Waals surface area (Å²) in [6, 6.07) is 11.4. The number of hydrogen-bond donors (Lipinski definition) is 1. The summed E-state index contributed by atoms with van der Waals surface area (Å²) in [5, 5.41) is 8.29. The molecule has 1 saturated heterocycles. The summed E-state index contributed by atoms with van der Waals surface area (Å²) in [6.45, 7) is 4.71. The van der Waals surface area contributed by atoms with E-state index in [-0.39, 0.29) is 22.2 Å². The minimum Gasteiger partial charge on any atom is -0.296 e. The van der Waals surface area contributed by atoms with E-state index in [1.54, 1.807) is 42.5 Å². The Morgan fingerprint density at radius 3 is 2.50 bits per heavy atom. The van der Waals surface area contributed by atoms with Gasteiger partial charge in [-0.25, -0.2) is 18.1 Å². The Morgan fingerprint density at radius 2 is 1.79 bits per heavy atom. The first-order chi connectivity index (χ1) is 16.3. The van der Waals surface area contributed by atoms with Gasteiger partial charge in [-0.1, -0.05) is 29.5 Å². The molecule has 34 heavy (non-hydrogen) atoms. The minimum absolute atomic E-state index is 0.125. The van der Waals surface area contributed by atoms with Crippen LogP contribution in [0, 0.1) is 0 Å². The normalized spacial score (nSPS) is 14.9. The number of nitrogens with zero attached hydrogens (tertiary/aromatic N) is 4. The summed E-state index contributed by atoms with van der Waals surface area (Å²) in [5.74, 6) is -0.491. The van der Waals surface area contributed by atoms with Crippen molar-refractivity contribution in [2.75, 3.05) is 18.4 Å². The van der Waals surface area contributed by atoms with E-state index in [4.69, 9.17) is 0 Å². The van der Waals surface area contributed by atoms with Gasteiger partial charge in [0.1, 0.15) is 0 Å². The number of benzene rings is 2. The average molecular weight is 498 g/mol. The molecule has 9 nitrogen and oxygen atoms in total. The molecule has 1 aliphatic heterocycles. The summed E-state index contributed by atoms with van der Waals surface area (Å²) < 4.78 is 29.2. The lowest BCUT2D eigenvalue weighted by molar-refractivity contribution is 0.102. The number of sulfonamides is 1. The molecule has 5 rings (SSSR count). The van der Waals surface area contributed by atoms with Crippen molar-refractivity contribution in [3.05, 3.63) is 58.5 Å². The second-order valence-electron chi connectivity index (χ2n) is 8.45. The second-order valence-corrected chi connectivity index (χ2v) is 11.4. The van der Waals surface area contributed by atoms with E-state index >= 15 is 0 Å². The summed E-state index contributed by atoms with van der Waals surface area (Å²) in [4.78, 5) is 30.6. The number of nitrogens with one attached hydrogen (secondary N) is 1. The van der Waals surface area contributed by atoms with E-state index < -0.39 is 15.9 Å². The van der Waals surface area contributed by atoms with Crippen LogP contribution in [0.2, 0.25) is 0 Å². The van der Waals surface area contributed by atoms with Crippen molar-refractivity contribution in [3.63, 3.8) is 0 Å². The highest BCUT2D eigenvalue weighted by molar-refractivity contribution is 7.89. The molecule has 0 atom stereocenters. The molecular formula is C23H23N5O4S2. The number of aromatic nitrogens is 3. The number of anilines is 1. The highest BCUT2D eigenvalue weighted by atomic mass is 32.2. The standard InChI is InChI=1S/C23H23N5O4S2/c1-14(2)28-22(30)17-8-4-3-7-16(17)20(26-28)21(29)25-23-24-18-10-9-15(13-19(18)33-23)34(31,32)27-11-5-6-12-27/h3-4,7-10,13-14H,5-6,11-12H2,1-2H3,(H,24,25,29). The Hall–Kier alpha value is -3.15. The van der Waals surface area contributed by atoms with Gasteiger partial charge in [-0.2, -0.15) is 9.40 Å². The predicted octanol–water partition coefficient (Wildman–Crippen LogP) is 3.62. The predicted molar refractivity (Wildman–Crippen MR) is 132 cm³/mol. The molecule has 1 fully saturated rings. The highest BCUT2D eigenvalue weighted by Gasteiger charge is 2.27. The first kappa shape index (κ1) is 22.6. The van der Waals surface area contributed by atoms with E-state index in [9.17, 15) is 18.0 Å². The summed E-state index contributed by atoms with van der Waals surface area (Å²) in [7, 11) is -3.55. The lowest BCUT2D eigenvalue weighted by Crippen LogP contribution is -2.28. The molecule has 1 N–H and O–H groups in total. The van der Waals surface area contributed by atoms with Crippen molar-refractivity contribution in [3.8, 4) is 0 Å². The van der Waals surface area contributed by atoms with E-state index in [0.717, 1.165) is 12.8 Å². The van der Waals surface area contributed by atoms with Crippen LogP contribution in [-0.4, -0.2) is 46.5 Å². The van der Waals surface area contributed by atoms with Crippen molar-refractivity contribution >= 4 is 53.4 Å². The van der Waals surface area contributed by atoms with Crippen LogP contribution < -0.4 is 10.9 Å². The van der Waals surface area contributed by atoms with Gasteiger partial charge in [0.05, 0.1) is 26.5 Å². The van der Waals surface area contributed by atoms with Crippen molar-refractivity contribution in [1.82, 2.24) is 19.1 Å². The van der Waals surface area contributed by atoms with E-state index in [1.807, 2.05) is 13.8 Å². The van der Waals surface area contributed by atoms with Crippen LogP contribution in [0.1, 0.15) is 43.2 Å². The molecule has 0 unspecified atom stereocenters. The molecule has 3 heterocycles.